The molecular formula is C27H35NO2. The van der Waals surface area contributed by atoms with Crippen LogP contribution in [0.15, 0.2) is 60.7 Å². The number of carbonyl (C=O) groups is 2. The van der Waals surface area contributed by atoms with Gasteiger partial charge in [-0.3, -0.25) is 9.59 Å². The van der Waals surface area contributed by atoms with Crippen LogP contribution in [0.4, 0.5) is 0 Å². The number of amides is 1. The third-order valence-corrected chi connectivity index (χ3v) is 6.06. The average Bonchev–Trinajstić information content (AvgIpc) is 3.54. The summed E-state index contributed by atoms with van der Waals surface area (Å²) in [6.07, 6.45) is 11.6. The molecule has 0 N–H and O–H groups in total. The molecule has 0 aromatic heterocycles. The molecule has 3 rings (SSSR count). The maximum atomic E-state index is 13.0. The van der Waals surface area contributed by atoms with Gasteiger partial charge >= 0.3 is 0 Å². The van der Waals surface area contributed by atoms with E-state index in [0.29, 0.717) is 12.0 Å². The molecule has 1 amide bonds. The molecule has 0 aliphatic carbocycles. The molecule has 0 saturated carbocycles. The van der Waals surface area contributed by atoms with Crippen molar-refractivity contribution in [2.24, 2.45) is 0 Å². The minimum absolute atomic E-state index is 0.0462. The van der Waals surface area contributed by atoms with E-state index >= 15 is 0 Å². The number of Topliss-reactive ketones (excluding diaryl/α,β-unsaturated/α-hetero) is 1. The standard InChI is InChI=1S/C27H35NO2/c1-2-3-4-5-6-7-8-9-16-21-24(29)28-25(22-17-12-10-13-18-22)26(28)27(30)23-19-14-11-15-20-23/h10-15,17-20,25-26H,2-9,16,21H2,1H3/t25-,26-,28?/m0/s1. The average molecular weight is 406 g/mol. The summed E-state index contributed by atoms with van der Waals surface area (Å²) >= 11 is 0. The van der Waals surface area contributed by atoms with Crippen LogP contribution in [0.5, 0.6) is 0 Å². The van der Waals surface area contributed by atoms with Gasteiger partial charge in [-0.2, -0.15) is 0 Å². The highest BCUT2D eigenvalue weighted by Gasteiger charge is 2.55. The quantitative estimate of drug-likeness (QED) is 0.210. The molecule has 2 atom stereocenters. The number of unbranched alkanes of at least 4 members (excludes halogenated alkanes) is 8. The Morgan fingerprint density at radius 1 is 0.733 bits per heavy atom. The van der Waals surface area contributed by atoms with E-state index < -0.39 is 0 Å². The highest BCUT2D eigenvalue weighted by molar-refractivity contribution is 6.05. The predicted octanol–water partition coefficient (Wildman–Crippen LogP) is 6.74. The van der Waals surface area contributed by atoms with Crippen molar-refractivity contribution >= 4 is 11.7 Å². The minimum atomic E-state index is -0.360. The molecule has 2 aromatic rings. The number of ketones is 1. The zero-order valence-electron chi connectivity index (χ0n) is 18.3. The van der Waals surface area contributed by atoms with E-state index in [9.17, 15) is 9.59 Å². The van der Waals surface area contributed by atoms with Gasteiger partial charge in [0.15, 0.2) is 5.78 Å². The molecule has 0 radical (unpaired) electrons. The molecule has 1 aliphatic rings. The van der Waals surface area contributed by atoms with Gasteiger partial charge in [-0.1, -0.05) is 119 Å². The molecule has 1 saturated heterocycles. The van der Waals surface area contributed by atoms with Crippen LogP contribution in [0.3, 0.4) is 0 Å². The third-order valence-electron chi connectivity index (χ3n) is 6.06. The van der Waals surface area contributed by atoms with Gasteiger partial charge in [0.05, 0.1) is 6.04 Å². The van der Waals surface area contributed by atoms with Gasteiger partial charge in [0.2, 0.25) is 5.91 Å². The molecule has 0 unspecified atom stereocenters. The minimum Gasteiger partial charge on any atom is -0.320 e. The maximum absolute atomic E-state index is 13.0. The molecule has 3 nitrogen and oxygen atoms in total. The Kier molecular flexibility index (Phi) is 8.67. The molecule has 160 valence electrons. The van der Waals surface area contributed by atoms with Crippen molar-refractivity contribution in [3.8, 4) is 0 Å². The summed E-state index contributed by atoms with van der Waals surface area (Å²) < 4.78 is 0. The smallest absolute Gasteiger partial charge is 0.223 e. The summed E-state index contributed by atoms with van der Waals surface area (Å²) in [5.74, 6) is 0.158. The molecule has 30 heavy (non-hydrogen) atoms. The largest absolute Gasteiger partial charge is 0.320 e. The summed E-state index contributed by atoms with van der Waals surface area (Å²) in [6.45, 7) is 2.24. The first-order valence-corrected chi connectivity index (χ1v) is 11.7. The van der Waals surface area contributed by atoms with Crippen LogP contribution >= 0.6 is 0 Å². The number of rotatable bonds is 13. The van der Waals surface area contributed by atoms with Gasteiger partial charge in [0.25, 0.3) is 0 Å². The van der Waals surface area contributed by atoms with Crippen LogP contribution in [0.2, 0.25) is 0 Å². The van der Waals surface area contributed by atoms with Gasteiger partial charge < -0.3 is 4.90 Å². The topological polar surface area (TPSA) is 37.1 Å². The van der Waals surface area contributed by atoms with Crippen molar-refractivity contribution in [1.82, 2.24) is 4.90 Å². The van der Waals surface area contributed by atoms with Crippen molar-refractivity contribution in [3.63, 3.8) is 0 Å². The molecule has 1 aliphatic heterocycles. The van der Waals surface area contributed by atoms with Gasteiger partial charge in [0.1, 0.15) is 6.04 Å². The zero-order valence-corrected chi connectivity index (χ0v) is 18.3. The molecule has 1 heterocycles. The molecular weight excluding hydrogens is 370 g/mol. The second-order valence-corrected chi connectivity index (χ2v) is 8.41. The van der Waals surface area contributed by atoms with E-state index in [-0.39, 0.29) is 23.8 Å². The van der Waals surface area contributed by atoms with Crippen LogP contribution < -0.4 is 0 Å². The first-order chi connectivity index (χ1) is 14.7. The molecule has 0 bridgehead atoms. The lowest BCUT2D eigenvalue weighted by Gasteiger charge is -2.06. The van der Waals surface area contributed by atoms with Crippen LogP contribution in [-0.4, -0.2) is 22.6 Å². The lowest BCUT2D eigenvalue weighted by Crippen LogP contribution is -2.18. The fraction of sp³-hybridized carbons (Fsp3) is 0.481. The van der Waals surface area contributed by atoms with E-state index in [1.165, 1.54) is 44.9 Å². The normalized spacial score (nSPS) is 17.7. The Morgan fingerprint density at radius 2 is 1.27 bits per heavy atom. The number of carbonyl (C=O) groups excluding carboxylic acids is 2. The SMILES string of the molecule is CCCCCCCCCCCC(=O)N1[C@H](C(=O)c2ccccc2)[C@@H]1c1ccccc1. The number of benzene rings is 2. The maximum Gasteiger partial charge on any atom is 0.223 e. The highest BCUT2D eigenvalue weighted by Crippen LogP contribution is 2.45. The molecule has 3 heteroatoms. The van der Waals surface area contributed by atoms with Gasteiger partial charge in [-0.25, -0.2) is 0 Å². The fourth-order valence-corrected chi connectivity index (χ4v) is 4.29. The summed E-state index contributed by atoms with van der Waals surface area (Å²) in [4.78, 5) is 27.8. The first kappa shape index (κ1) is 22.3. The van der Waals surface area contributed by atoms with Crippen molar-refractivity contribution in [2.75, 3.05) is 0 Å². The fourth-order valence-electron chi connectivity index (χ4n) is 4.29. The van der Waals surface area contributed by atoms with Crippen LogP contribution in [0.1, 0.15) is 93.1 Å². The second kappa shape index (κ2) is 11.7. The molecule has 0 spiro atoms. The second-order valence-electron chi connectivity index (χ2n) is 8.41. The monoisotopic (exact) mass is 405 g/mol. The number of hydrogen-bond acceptors (Lipinski definition) is 2. The lowest BCUT2D eigenvalue weighted by atomic mass is 10.0. The van der Waals surface area contributed by atoms with E-state index in [1.54, 1.807) is 4.90 Å². The van der Waals surface area contributed by atoms with Crippen LogP contribution in [0.25, 0.3) is 0 Å². The lowest BCUT2D eigenvalue weighted by molar-refractivity contribution is -0.126. The third kappa shape index (κ3) is 6.04. The molecule has 1 fully saturated rings. The number of nitrogens with zero attached hydrogens (tertiary/aromatic N) is 1. The summed E-state index contributed by atoms with van der Waals surface area (Å²) in [6, 6.07) is 18.8. The van der Waals surface area contributed by atoms with Gasteiger partial charge in [0, 0.05) is 12.0 Å². The van der Waals surface area contributed by atoms with E-state index in [2.05, 4.69) is 6.92 Å². The van der Waals surface area contributed by atoms with Crippen molar-refractivity contribution in [1.29, 1.82) is 0 Å². The van der Waals surface area contributed by atoms with Crippen molar-refractivity contribution in [3.05, 3.63) is 71.8 Å². The summed E-state index contributed by atoms with van der Waals surface area (Å²) in [5, 5.41) is 0. The van der Waals surface area contributed by atoms with Crippen molar-refractivity contribution in [2.45, 2.75) is 83.2 Å². The molecule has 2 aromatic carbocycles. The predicted molar refractivity (Wildman–Crippen MR) is 122 cm³/mol. The Labute approximate surface area is 181 Å². The Bertz CT molecular complexity index is 787. The Hall–Kier alpha value is -2.42. The van der Waals surface area contributed by atoms with Gasteiger partial charge in [-0.05, 0) is 12.0 Å². The highest BCUT2D eigenvalue weighted by atomic mass is 16.2. The van der Waals surface area contributed by atoms with E-state index in [0.717, 1.165) is 18.4 Å². The van der Waals surface area contributed by atoms with E-state index in [1.807, 2.05) is 60.7 Å². The Balaban J connectivity index is 1.49. The Morgan fingerprint density at radius 3 is 1.87 bits per heavy atom. The first-order valence-electron chi connectivity index (χ1n) is 11.7. The van der Waals surface area contributed by atoms with Crippen molar-refractivity contribution < 1.29 is 9.59 Å². The summed E-state index contributed by atoms with van der Waals surface area (Å²) in [7, 11) is 0. The van der Waals surface area contributed by atoms with Gasteiger partial charge in [-0.15, -0.1) is 0 Å². The van der Waals surface area contributed by atoms with E-state index in [4.69, 9.17) is 0 Å². The van der Waals surface area contributed by atoms with Crippen LogP contribution in [-0.2, 0) is 4.79 Å². The summed E-state index contributed by atoms with van der Waals surface area (Å²) in [5.41, 5.74) is 1.73. The van der Waals surface area contributed by atoms with Crippen LogP contribution in [0, 0.1) is 0 Å². The number of hydrogen-bond donors (Lipinski definition) is 0. The zero-order chi connectivity index (χ0) is 21.2.